The van der Waals surface area contributed by atoms with Crippen LogP contribution in [0.25, 0.3) is 0 Å². The van der Waals surface area contributed by atoms with Gasteiger partial charge in [-0.05, 0) is 13.0 Å². The normalized spacial score (nSPS) is 17.1. The van der Waals surface area contributed by atoms with E-state index in [-0.39, 0.29) is 6.04 Å². The van der Waals surface area contributed by atoms with Gasteiger partial charge in [-0.1, -0.05) is 17.7 Å². The zero-order valence-electron chi connectivity index (χ0n) is 12.6. The zero-order chi connectivity index (χ0) is 15.6. The molecule has 2 N–H and O–H groups in total. The van der Waals surface area contributed by atoms with Crippen LogP contribution < -0.4 is 10.5 Å². The molecule has 6 heteroatoms. The molecule has 1 aromatic rings. The van der Waals surface area contributed by atoms with E-state index in [2.05, 4.69) is 0 Å². The number of piperazine rings is 1. The standard InChI is InChI=1S/C15H21N3O3/c1-10-4-5-13(21-3)11(8-10)12(16)9-18-7-6-17(2)14(19)15(18)20/h4-5,8,12H,6-7,9,16H2,1-3H3. The van der Waals surface area contributed by atoms with Gasteiger partial charge in [0.05, 0.1) is 13.2 Å². The average Bonchev–Trinajstić information content (AvgIpc) is 2.47. The third-order valence-electron chi connectivity index (χ3n) is 3.72. The van der Waals surface area contributed by atoms with Crippen molar-refractivity contribution in [1.82, 2.24) is 9.80 Å². The summed E-state index contributed by atoms with van der Waals surface area (Å²) >= 11 is 0. The van der Waals surface area contributed by atoms with E-state index in [0.717, 1.165) is 11.1 Å². The van der Waals surface area contributed by atoms with Crippen molar-refractivity contribution in [2.24, 2.45) is 5.73 Å². The second kappa shape index (κ2) is 6.13. The number of hydrogen-bond donors (Lipinski definition) is 1. The Hall–Kier alpha value is -2.08. The third kappa shape index (κ3) is 3.16. The highest BCUT2D eigenvalue weighted by Crippen LogP contribution is 2.25. The number of benzene rings is 1. The van der Waals surface area contributed by atoms with Gasteiger partial charge in [-0.15, -0.1) is 0 Å². The van der Waals surface area contributed by atoms with Crippen molar-refractivity contribution in [3.8, 4) is 5.75 Å². The minimum Gasteiger partial charge on any atom is -0.496 e. The van der Waals surface area contributed by atoms with Crippen LogP contribution in [0.5, 0.6) is 5.75 Å². The number of nitrogens with two attached hydrogens (primary N) is 1. The van der Waals surface area contributed by atoms with E-state index >= 15 is 0 Å². The molecule has 2 amide bonds. The third-order valence-corrected chi connectivity index (χ3v) is 3.72. The van der Waals surface area contributed by atoms with Crippen LogP contribution in [0.1, 0.15) is 17.2 Å². The van der Waals surface area contributed by atoms with Crippen LogP contribution in [0.2, 0.25) is 0 Å². The highest BCUT2D eigenvalue weighted by molar-refractivity contribution is 6.35. The Bertz CT molecular complexity index is 559. The van der Waals surface area contributed by atoms with Gasteiger partial charge in [0.1, 0.15) is 5.75 Å². The first-order valence-electron chi connectivity index (χ1n) is 6.88. The molecule has 1 fully saturated rings. The van der Waals surface area contributed by atoms with Gasteiger partial charge in [-0.25, -0.2) is 0 Å². The summed E-state index contributed by atoms with van der Waals surface area (Å²) in [6.07, 6.45) is 0. The van der Waals surface area contributed by atoms with Gasteiger partial charge < -0.3 is 20.3 Å². The first-order valence-corrected chi connectivity index (χ1v) is 6.88. The van der Waals surface area contributed by atoms with Crippen molar-refractivity contribution in [3.05, 3.63) is 29.3 Å². The fraction of sp³-hybridized carbons (Fsp3) is 0.467. The number of aryl methyl sites for hydroxylation is 1. The smallest absolute Gasteiger partial charge is 0.312 e. The molecular weight excluding hydrogens is 270 g/mol. The van der Waals surface area contributed by atoms with E-state index in [9.17, 15) is 9.59 Å². The molecule has 1 atom stereocenters. The van der Waals surface area contributed by atoms with Crippen LogP contribution in [-0.4, -0.2) is 55.4 Å². The zero-order valence-corrected chi connectivity index (χ0v) is 12.6. The van der Waals surface area contributed by atoms with Crippen molar-refractivity contribution < 1.29 is 14.3 Å². The van der Waals surface area contributed by atoms with Crippen molar-refractivity contribution in [2.45, 2.75) is 13.0 Å². The van der Waals surface area contributed by atoms with Gasteiger partial charge in [-0.2, -0.15) is 0 Å². The van der Waals surface area contributed by atoms with Gasteiger partial charge in [0.15, 0.2) is 0 Å². The maximum absolute atomic E-state index is 12.0. The van der Waals surface area contributed by atoms with Gasteiger partial charge in [-0.3, -0.25) is 9.59 Å². The largest absolute Gasteiger partial charge is 0.496 e. The van der Waals surface area contributed by atoms with E-state index in [1.165, 1.54) is 9.80 Å². The number of likely N-dealkylation sites (N-methyl/N-ethyl adjacent to an activating group) is 1. The molecule has 0 spiro atoms. The summed E-state index contributed by atoms with van der Waals surface area (Å²) in [5.74, 6) is -0.281. The number of carbonyl (C=O) groups excluding carboxylic acids is 2. The van der Waals surface area contributed by atoms with Crippen LogP contribution in [0, 0.1) is 6.92 Å². The predicted molar refractivity (Wildman–Crippen MR) is 78.9 cm³/mol. The molecule has 0 aliphatic carbocycles. The number of ether oxygens (including phenoxy) is 1. The fourth-order valence-electron chi connectivity index (χ4n) is 2.43. The lowest BCUT2D eigenvalue weighted by Gasteiger charge is -2.33. The first kappa shape index (κ1) is 15.3. The summed E-state index contributed by atoms with van der Waals surface area (Å²) in [6.45, 7) is 3.31. The number of carbonyl (C=O) groups is 2. The Kier molecular flexibility index (Phi) is 4.47. The molecule has 2 rings (SSSR count). The molecule has 0 radical (unpaired) electrons. The van der Waals surface area contributed by atoms with Crippen molar-refractivity contribution >= 4 is 11.8 Å². The molecule has 1 aromatic carbocycles. The van der Waals surface area contributed by atoms with E-state index in [1.807, 2.05) is 25.1 Å². The predicted octanol–water partition coefficient (Wildman–Crippen LogP) is 0.304. The Morgan fingerprint density at radius 2 is 2.00 bits per heavy atom. The lowest BCUT2D eigenvalue weighted by Crippen LogP contribution is -2.54. The second-order valence-corrected chi connectivity index (χ2v) is 5.33. The van der Waals surface area contributed by atoms with Crippen LogP contribution in [0.3, 0.4) is 0 Å². The maximum atomic E-state index is 12.0. The van der Waals surface area contributed by atoms with Gasteiger partial charge in [0.25, 0.3) is 0 Å². The molecule has 6 nitrogen and oxygen atoms in total. The lowest BCUT2D eigenvalue weighted by atomic mass is 10.0. The summed E-state index contributed by atoms with van der Waals surface area (Å²) < 4.78 is 5.32. The number of methoxy groups -OCH3 is 1. The highest BCUT2D eigenvalue weighted by Gasteiger charge is 2.31. The molecule has 0 aromatic heterocycles. The Balaban J connectivity index is 2.15. The number of amides is 2. The van der Waals surface area contributed by atoms with Crippen LogP contribution >= 0.6 is 0 Å². The minimum absolute atomic E-state index is 0.304. The minimum atomic E-state index is -0.495. The van der Waals surface area contributed by atoms with Crippen LogP contribution in [0.15, 0.2) is 18.2 Å². The van der Waals surface area contributed by atoms with Crippen molar-refractivity contribution in [1.29, 1.82) is 0 Å². The number of hydrogen-bond acceptors (Lipinski definition) is 4. The Morgan fingerprint density at radius 3 is 2.67 bits per heavy atom. The average molecular weight is 291 g/mol. The molecule has 1 aliphatic rings. The van der Waals surface area contributed by atoms with E-state index in [0.29, 0.717) is 25.4 Å². The van der Waals surface area contributed by atoms with Gasteiger partial charge in [0.2, 0.25) is 0 Å². The van der Waals surface area contributed by atoms with E-state index in [4.69, 9.17) is 10.5 Å². The Morgan fingerprint density at radius 1 is 1.29 bits per heavy atom. The quantitative estimate of drug-likeness (QED) is 0.810. The molecule has 1 aliphatic heterocycles. The molecule has 1 saturated heterocycles. The van der Waals surface area contributed by atoms with E-state index < -0.39 is 11.8 Å². The number of nitrogens with zero attached hydrogens (tertiary/aromatic N) is 2. The topological polar surface area (TPSA) is 75.9 Å². The van der Waals surface area contributed by atoms with Gasteiger partial charge >= 0.3 is 11.8 Å². The van der Waals surface area contributed by atoms with Crippen molar-refractivity contribution in [2.75, 3.05) is 33.8 Å². The SMILES string of the molecule is COc1ccc(C)cc1C(N)CN1CCN(C)C(=O)C1=O. The molecule has 21 heavy (non-hydrogen) atoms. The molecule has 1 unspecified atom stereocenters. The lowest BCUT2D eigenvalue weighted by molar-refractivity contribution is -0.155. The summed E-state index contributed by atoms with van der Waals surface area (Å²) in [4.78, 5) is 26.6. The van der Waals surface area contributed by atoms with Crippen LogP contribution in [0.4, 0.5) is 0 Å². The van der Waals surface area contributed by atoms with Crippen LogP contribution in [-0.2, 0) is 9.59 Å². The number of rotatable bonds is 4. The molecule has 1 heterocycles. The summed E-state index contributed by atoms with van der Waals surface area (Å²) in [7, 11) is 3.21. The maximum Gasteiger partial charge on any atom is 0.312 e. The summed E-state index contributed by atoms with van der Waals surface area (Å²) in [5, 5.41) is 0. The summed E-state index contributed by atoms with van der Waals surface area (Å²) in [6, 6.07) is 5.37. The molecule has 0 saturated carbocycles. The van der Waals surface area contributed by atoms with Gasteiger partial charge in [0, 0.05) is 32.2 Å². The monoisotopic (exact) mass is 291 g/mol. The molecule has 0 bridgehead atoms. The van der Waals surface area contributed by atoms with Crippen molar-refractivity contribution in [3.63, 3.8) is 0 Å². The second-order valence-electron chi connectivity index (χ2n) is 5.33. The first-order chi connectivity index (χ1) is 9.93. The Labute approximate surface area is 124 Å². The molecule has 114 valence electrons. The highest BCUT2D eigenvalue weighted by atomic mass is 16.5. The summed E-state index contributed by atoms with van der Waals surface area (Å²) in [5.41, 5.74) is 8.13. The van der Waals surface area contributed by atoms with E-state index in [1.54, 1.807) is 14.2 Å². The molecular formula is C15H21N3O3. The fourth-order valence-corrected chi connectivity index (χ4v) is 2.43.